The van der Waals surface area contributed by atoms with E-state index in [1.807, 2.05) is 20.8 Å². The molecular weight excluding hydrogens is 308 g/mol. The average molecular weight is 333 g/mol. The second-order valence-corrected chi connectivity index (χ2v) is 5.95. The fourth-order valence-electron chi connectivity index (χ4n) is 1.80. The van der Waals surface area contributed by atoms with Crippen LogP contribution in [0.4, 0.5) is 0 Å². The van der Waals surface area contributed by atoms with Crippen LogP contribution in [-0.2, 0) is 16.1 Å². The number of carbonyl (C=O) groups excluding carboxylic acids is 2. The van der Waals surface area contributed by atoms with Gasteiger partial charge < -0.3 is 15.8 Å². The summed E-state index contributed by atoms with van der Waals surface area (Å²) in [7, 11) is 1.33. The van der Waals surface area contributed by atoms with Crippen LogP contribution in [0.1, 0.15) is 37.6 Å². The molecular formula is C14H25ClN4O3. The topological polar surface area (TPSA) is 99.2 Å². The Hall–Kier alpha value is -1.60. The maximum atomic E-state index is 12.2. The minimum absolute atomic E-state index is 0. The first-order valence-corrected chi connectivity index (χ1v) is 6.88. The summed E-state index contributed by atoms with van der Waals surface area (Å²) >= 11 is 0. The van der Waals surface area contributed by atoms with Crippen LogP contribution in [0.25, 0.3) is 0 Å². The van der Waals surface area contributed by atoms with Gasteiger partial charge in [0, 0.05) is 18.8 Å². The van der Waals surface area contributed by atoms with Crippen LogP contribution >= 0.6 is 12.4 Å². The van der Waals surface area contributed by atoms with E-state index in [2.05, 4.69) is 15.2 Å². The molecule has 0 aliphatic rings. The Labute approximate surface area is 137 Å². The standard InChI is InChI=1S/C14H24N4O3.ClH/c1-14(2,3)11(7-12(19)21-4)17-13(20)10-8-16-18(9-10)6-5-15;/h8-9,11H,5-7,15H2,1-4H3,(H,17,20);1H/t11-;/m0./s1. The van der Waals surface area contributed by atoms with Crippen LogP contribution in [0.5, 0.6) is 0 Å². The number of nitrogens with zero attached hydrogens (tertiary/aromatic N) is 2. The molecule has 0 fully saturated rings. The van der Waals surface area contributed by atoms with E-state index < -0.39 is 0 Å². The van der Waals surface area contributed by atoms with Crippen molar-refractivity contribution in [2.75, 3.05) is 13.7 Å². The third-order valence-corrected chi connectivity index (χ3v) is 3.20. The summed E-state index contributed by atoms with van der Waals surface area (Å²) in [5, 5.41) is 6.93. The third-order valence-electron chi connectivity index (χ3n) is 3.20. The first-order chi connectivity index (χ1) is 9.77. The first kappa shape index (κ1) is 20.4. The van der Waals surface area contributed by atoms with Crippen LogP contribution < -0.4 is 11.1 Å². The summed E-state index contributed by atoms with van der Waals surface area (Å²) in [4.78, 5) is 23.7. The second-order valence-electron chi connectivity index (χ2n) is 5.95. The zero-order valence-corrected chi connectivity index (χ0v) is 14.3. The van der Waals surface area contributed by atoms with Crippen molar-refractivity contribution in [3.8, 4) is 0 Å². The first-order valence-electron chi connectivity index (χ1n) is 6.88. The number of nitrogens with one attached hydrogen (secondary N) is 1. The maximum Gasteiger partial charge on any atom is 0.307 e. The van der Waals surface area contributed by atoms with Crippen molar-refractivity contribution < 1.29 is 14.3 Å². The van der Waals surface area contributed by atoms with Gasteiger partial charge >= 0.3 is 5.97 Å². The number of aromatic nitrogens is 2. The van der Waals surface area contributed by atoms with Crippen LogP contribution in [0.15, 0.2) is 12.4 Å². The number of halogens is 1. The van der Waals surface area contributed by atoms with E-state index >= 15 is 0 Å². The summed E-state index contributed by atoms with van der Waals surface area (Å²) in [6.07, 6.45) is 3.26. The normalized spacial score (nSPS) is 12.2. The number of hydrogen-bond donors (Lipinski definition) is 2. The lowest BCUT2D eigenvalue weighted by atomic mass is 9.84. The van der Waals surface area contributed by atoms with Crippen molar-refractivity contribution in [3.05, 3.63) is 18.0 Å². The lowest BCUT2D eigenvalue weighted by Crippen LogP contribution is -2.45. The van der Waals surface area contributed by atoms with E-state index in [1.165, 1.54) is 13.3 Å². The Kier molecular flexibility index (Phi) is 8.11. The molecule has 1 heterocycles. The summed E-state index contributed by atoms with van der Waals surface area (Å²) in [5.41, 5.74) is 5.62. The zero-order chi connectivity index (χ0) is 16.0. The molecule has 3 N–H and O–H groups in total. The largest absolute Gasteiger partial charge is 0.469 e. The minimum Gasteiger partial charge on any atom is -0.469 e. The third kappa shape index (κ3) is 6.03. The Morgan fingerprint density at radius 2 is 2.09 bits per heavy atom. The molecule has 1 rings (SSSR count). The van der Waals surface area contributed by atoms with E-state index in [9.17, 15) is 9.59 Å². The summed E-state index contributed by atoms with van der Waals surface area (Å²) in [6.45, 7) is 6.88. The van der Waals surface area contributed by atoms with Crippen molar-refractivity contribution >= 4 is 24.3 Å². The molecule has 126 valence electrons. The van der Waals surface area contributed by atoms with Gasteiger partial charge in [-0.25, -0.2) is 0 Å². The number of methoxy groups -OCH3 is 1. The molecule has 0 spiro atoms. The minimum atomic E-state index is -0.353. The molecule has 0 bridgehead atoms. The van der Waals surface area contributed by atoms with Gasteiger partial charge in [0.05, 0.1) is 31.8 Å². The van der Waals surface area contributed by atoms with E-state index in [4.69, 9.17) is 5.73 Å². The fraction of sp³-hybridized carbons (Fsp3) is 0.643. The van der Waals surface area contributed by atoms with Crippen LogP contribution in [-0.4, -0.2) is 41.4 Å². The second kappa shape index (κ2) is 8.75. The summed E-state index contributed by atoms with van der Waals surface area (Å²) < 4.78 is 6.29. The molecule has 0 unspecified atom stereocenters. The van der Waals surface area contributed by atoms with Crippen molar-refractivity contribution in [1.82, 2.24) is 15.1 Å². The molecule has 22 heavy (non-hydrogen) atoms. The number of amides is 1. The van der Waals surface area contributed by atoms with Gasteiger partial charge in [0.1, 0.15) is 0 Å². The van der Waals surface area contributed by atoms with Crippen molar-refractivity contribution in [2.24, 2.45) is 11.1 Å². The maximum absolute atomic E-state index is 12.2. The van der Waals surface area contributed by atoms with E-state index in [0.29, 0.717) is 18.7 Å². The van der Waals surface area contributed by atoms with Crippen molar-refractivity contribution in [2.45, 2.75) is 39.8 Å². The molecule has 1 aromatic heterocycles. The van der Waals surface area contributed by atoms with Crippen molar-refractivity contribution in [3.63, 3.8) is 0 Å². The summed E-state index contributed by atoms with van der Waals surface area (Å²) in [6, 6.07) is -0.324. The molecule has 0 saturated heterocycles. The Bertz CT molecular complexity index is 497. The van der Waals surface area contributed by atoms with E-state index in [0.717, 1.165) is 0 Å². The Morgan fingerprint density at radius 3 is 2.59 bits per heavy atom. The molecule has 0 saturated carbocycles. The van der Waals surface area contributed by atoms with E-state index in [1.54, 1.807) is 10.9 Å². The lowest BCUT2D eigenvalue weighted by molar-refractivity contribution is -0.141. The number of ether oxygens (including phenoxy) is 1. The quantitative estimate of drug-likeness (QED) is 0.756. The highest BCUT2D eigenvalue weighted by Crippen LogP contribution is 2.22. The zero-order valence-electron chi connectivity index (χ0n) is 13.5. The molecule has 7 nitrogen and oxygen atoms in total. The number of carbonyl (C=O) groups is 2. The number of esters is 1. The monoisotopic (exact) mass is 332 g/mol. The molecule has 1 aromatic rings. The van der Waals surface area contributed by atoms with Crippen LogP contribution in [0.3, 0.4) is 0 Å². The van der Waals surface area contributed by atoms with Crippen LogP contribution in [0, 0.1) is 5.41 Å². The predicted molar refractivity (Wildman–Crippen MR) is 85.9 cm³/mol. The van der Waals surface area contributed by atoms with Gasteiger partial charge in [-0.05, 0) is 5.41 Å². The van der Waals surface area contributed by atoms with Gasteiger partial charge in [-0.2, -0.15) is 5.10 Å². The Balaban J connectivity index is 0.00000441. The molecule has 0 aliphatic carbocycles. The summed E-state index contributed by atoms with van der Waals surface area (Å²) in [5.74, 6) is -0.615. The average Bonchev–Trinajstić information content (AvgIpc) is 2.85. The number of nitrogens with two attached hydrogens (primary N) is 1. The highest BCUT2D eigenvalue weighted by molar-refractivity contribution is 5.94. The molecule has 0 aromatic carbocycles. The van der Waals surface area contributed by atoms with Gasteiger partial charge in [0.15, 0.2) is 0 Å². The van der Waals surface area contributed by atoms with Gasteiger partial charge in [0.2, 0.25) is 0 Å². The van der Waals surface area contributed by atoms with Gasteiger partial charge in [-0.1, -0.05) is 20.8 Å². The van der Waals surface area contributed by atoms with Gasteiger partial charge in [-0.15, -0.1) is 12.4 Å². The number of hydrogen-bond acceptors (Lipinski definition) is 5. The molecule has 1 amide bonds. The van der Waals surface area contributed by atoms with Gasteiger partial charge in [-0.3, -0.25) is 14.3 Å². The lowest BCUT2D eigenvalue weighted by Gasteiger charge is -2.30. The smallest absolute Gasteiger partial charge is 0.307 e. The fourth-order valence-corrected chi connectivity index (χ4v) is 1.80. The van der Waals surface area contributed by atoms with E-state index in [-0.39, 0.29) is 42.2 Å². The highest BCUT2D eigenvalue weighted by Gasteiger charge is 2.29. The highest BCUT2D eigenvalue weighted by atomic mass is 35.5. The predicted octanol–water partition coefficient (Wildman–Crippen LogP) is 0.971. The van der Waals surface area contributed by atoms with Crippen LogP contribution in [0.2, 0.25) is 0 Å². The van der Waals surface area contributed by atoms with Crippen molar-refractivity contribution in [1.29, 1.82) is 0 Å². The molecule has 8 heteroatoms. The van der Waals surface area contributed by atoms with Gasteiger partial charge in [0.25, 0.3) is 5.91 Å². The molecule has 0 radical (unpaired) electrons. The number of rotatable bonds is 6. The Morgan fingerprint density at radius 1 is 1.45 bits per heavy atom. The molecule has 1 atom stereocenters. The molecule has 0 aliphatic heterocycles. The SMILES string of the molecule is COC(=O)C[C@H](NC(=O)c1cnn(CCN)c1)C(C)(C)C.Cl.